The number of anilines is 1. The molecule has 0 fully saturated rings. The minimum atomic E-state index is -2.43. The Labute approximate surface area is 91.8 Å². The van der Waals surface area contributed by atoms with Gasteiger partial charge in [0.2, 0.25) is 5.88 Å². The highest BCUT2D eigenvalue weighted by Gasteiger charge is 2.01. The zero-order valence-electron chi connectivity index (χ0n) is 8.82. The Bertz CT molecular complexity index is 313. The average Bonchev–Trinajstić information content (AvgIpc) is 2.28. The van der Waals surface area contributed by atoms with Gasteiger partial charge in [0.1, 0.15) is 18.8 Å². The maximum absolute atomic E-state index is 11.7. The van der Waals surface area contributed by atoms with Crippen LogP contribution >= 0.6 is 0 Å². The molecule has 7 heteroatoms. The molecular formula is C9H13F2N3O2. The smallest absolute Gasteiger partial charge is 0.261 e. The first-order chi connectivity index (χ1) is 7.72. The van der Waals surface area contributed by atoms with Crippen molar-refractivity contribution < 1.29 is 18.3 Å². The van der Waals surface area contributed by atoms with Crippen LogP contribution in [0, 0.1) is 0 Å². The summed E-state index contributed by atoms with van der Waals surface area (Å²) in [6.45, 7) is 0.0400. The molecule has 16 heavy (non-hydrogen) atoms. The third-order valence-electron chi connectivity index (χ3n) is 1.65. The van der Waals surface area contributed by atoms with Crippen LogP contribution in [0.25, 0.3) is 0 Å². The lowest BCUT2D eigenvalue weighted by Gasteiger charge is -2.06. The van der Waals surface area contributed by atoms with E-state index in [0.29, 0.717) is 18.2 Å². The van der Waals surface area contributed by atoms with E-state index in [2.05, 4.69) is 20.0 Å². The first-order valence-corrected chi connectivity index (χ1v) is 4.68. The van der Waals surface area contributed by atoms with Crippen molar-refractivity contribution >= 4 is 5.82 Å². The lowest BCUT2D eigenvalue weighted by molar-refractivity contribution is 0.0215. The fourth-order valence-electron chi connectivity index (χ4n) is 0.971. The molecular weight excluding hydrogens is 220 g/mol. The number of hydrogen-bond donors (Lipinski definition) is 1. The van der Waals surface area contributed by atoms with E-state index in [1.165, 1.54) is 13.4 Å². The minimum Gasteiger partial charge on any atom is -0.481 e. The summed E-state index contributed by atoms with van der Waals surface area (Å²) in [5.41, 5.74) is 0. The molecule has 1 rings (SSSR count). The SMILES string of the molecule is COc1cc(NCCOCC(F)F)ncn1. The molecule has 1 aromatic heterocycles. The first-order valence-electron chi connectivity index (χ1n) is 4.68. The first kappa shape index (κ1) is 12.6. The minimum absolute atomic E-state index is 0.191. The molecule has 90 valence electrons. The molecule has 0 aromatic carbocycles. The second-order valence-electron chi connectivity index (χ2n) is 2.84. The van der Waals surface area contributed by atoms with E-state index in [4.69, 9.17) is 4.74 Å². The molecule has 0 atom stereocenters. The summed E-state index contributed by atoms with van der Waals surface area (Å²) in [7, 11) is 1.50. The number of alkyl halides is 2. The van der Waals surface area contributed by atoms with Gasteiger partial charge in [-0.15, -0.1) is 0 Å². The molecule has 0 unspecified atom stereocenters. The molecule has 0 aliphatic carbocycles. The average molecular weight is 233 g/mol. The van der Waals surface area contributed by atoms with Crippen molar-refractivity contribution in [2.24, 2.45) is 0 Å². The Morgan fingerprint density at radius 2 is 2.25 bits per heavy atom. The van der Waals surface area contributed by atoms with Crippen LogP contribution in [-0.2, 0) is 4.74 Å². The second kappa shape index (κ2) is 6.89. The second-order valence-corrected chi connectivity index (χ2v) is 2.84. The van der Waals surface area contributed by atoms with Gasteiger partial charge < -0.3 is 14.8 Å². The predicted octanol–water partition coefficient (Wildman–Crippen LogP) is 1.18. The van der Waals surface area contributed by atoms with Gasteiger partial charge in [-0.2, -0.15) is 0 Å². The summed E-state index contributed by atoms with van der Waals surface area (Å²) < 4.78 is 33.0. The van der Waals surface area contributed by atoms with E-state index in [1.807, 2.05) is 0 Å². The number of nitrogens with zero attached hydrogens (tertiary/aromatic N) is 2. The molecule has 0 aliphatic rings. The third kappa shape index (κ3) is 4.83. The largest absolute Gasteiger partial charge is 0.481 e. The summed E-state index contributed by atoms with van der Waals surface area (Å²) in [6.07, 6.45) is -1.08. The number of halogens is 2. The number of methoxy groups -OCH3 is 1. The molecule has 5 nitrogen and oxygen atoms in total. The molecule has 0 saturated carbocycles. The van der Waals surface area contributed by atoms with Gasteiger partial charge >= 0.3 is 0 Å². The van der Waals surface area contributed by atoms with Crippen LogP contribution in [0.15, 0.2) is 12.4 Å². The van der Waals surface area contributed by atoms with E-state index in [-0.39, 0.29) is 6.61 Å². The Hall–Kier alpha value is -1.50. The van der Waals surface area contributed by atoms with Crippen molar-refractivity contribution in [2.45, 2.75) is 6.43 Å². The fourth-order valence-corrected chi connectivity index (χ4v) is 0.971. The lowest BCUT2D eigenvalue weighted by atomic mass is 10.5. The number of aromatic nitrogens is 2. The number of ether oxygens (including phenoxy) is 2. The van der Waals surface area contributed by atoms with Gasteiger partial charge in [-0.25, -0.2) is 18.7 Å². The number of nitrogens with one attached hydrogen (secondary N) is 1. The van der Waals surface area contributed by atoms with Crippen LogP contribution < -0.4 is 10.1 Å². The molecule has 0 radical (unpaired) electrons. The Morgan fingerprint density at radius 3 is 2.94 bits per heavy atom. The quantitative estimate of drug-likeness (QED) is 0.717. The van der Waals surface area contributed by atoms with Crippen LogP contribution in [0.3, 0.4) is 0 Å². The van der Waals surface area contributed by atoms with Gasteiger partial charge in [-0.3, -0.25) is 0 Å². The molecule has 0 saturated heterocycles. The van der Waals surface area contributed by atoms with Crippen LogP contribution in [0.4, 0.5) is 14.6 Å². The molecule has 0 amide bonds. The highest BCUT2D eigenvalue weighted by molar-refractivity contribution is 5.36. The highest BCUT2D eigenvalue weighted by Crippen LogP contribution is 2.09. The summed E-state index contributed by atoms with van der Waals surface area (Å²) in [6, 6.07) is 1.60. The van der Waals surface area contributed by atoms with Crippen molar-refractivity contribution in [2.75, 3.05) is 32.2 Å². The summed E-state index contributed by atoms with van der Waals surface area (Å²) in [5.74, 6) is 0.999. The molecule has 0 aliphatic heterocycles. The molecule has 1 aromatic rings. The highest BCUT2D eigenvalue weighted by atomic mass is 19.3. The van der Waals surface area contributed by atoms with Crippen molar-refractivity contribution in [1.29, 1.82) is 0 Å². The summed E-state index contributed by atoms with van der Waals surface area (Å²) in [5, 5.41) is 2.89. The van der Waals surface area contributed by atoms with Gasteiger partial charge in [0.15, 0.2) is 0 Å². The topological polar surface area (TPSA) is 56.3 Å². The number of hydrogen-bond acceptors (Lipinski definition) is 5. The maximum Gasteiger partial charge on any atom is 0.261 e. The third-order valence-corrected chi connectivity index (χ3v) is 1.65. The Kier molecular flexibility index (Phi) is 5.41. The molecule has 0 spiro atoms. The number of rotatable bonds is 7. The fraction of sp³-hybridized carbons (Fsp3) is 0.556. The predicted molar refractivity (Wildman–Crippen MR) is 53.9 cm³/mol. The lowest BCUT2D eigenvalue weighted by Crippen LogP contribution is -2.13. The van der Waals surface area contributed by atoms with Crippen molar-refractivity contribution in [3.8, 4) is 5.88 Å². The normalized spacial score (nSPS) is 10.5. The van der Waals surface area contributed by atoms with Gasteiger partial charge in [0.05, 0.1) is 13.7 Å². The van der Waals surface area contributed by atoms with Gasteiger partial charge in [-0.1, -0.05) is 0 Å². The van der Waals surface area contributed by atoms with E-state index >= 15 is 0 Å². The monoisotopic (exact) mass is 233 g/mol. The van der Waals surface area contributed by atoms with Crippen molar-refractivity contribution in [1.82, 2.24) is 9.97 Å². The van der Waals surface area contributed by atoms with Gasteiger partial charge in [0, 0.05) is 12.6 Å². The maximum atomic E-state index is 11.7. The van der Waals surface area contributed by atoms with E-state index in [0.717, 1.165) is 0 Å². The van der Waals surface area contributed by atoms with Crippen LogP contribution in [0.1, 0.15) is 0 Å². The van der Waals surface area contributed by atoms with E-state index < -0.39 is 13.0 Å². The van der Waals surface area contributed by atoms with Crippen LogP contribution in [0.2, 0.25) is 0 Å². The molecule has 0 bridgehead atoms. The summed E-state index contributed by atoms with van der Waals surface area (Å²) in [4.78, 5) is 7.74. The van der Waals surface area contributed by atoms with Gasteiger partial charge in [0.25, 0.3) is 6.43 Å². The zero-order chi connectivity index (χ0) is 11.8. The van der Waals surface area contributed by atoms with Crippen LogP contribution in [0.5, 0.6) is 5.88 Å². The van der Waals surface area contributed by atoms with Crippen LogP contribution in [-0.4, -0.2) is 43.3 Å². The standard InChI is InChI=1S/C9H13F2N3O2/c1-15-9-4-8(13-6-14-9)12-2-3-16-5-7(10)11/h4,6-7H,2-3,5H2,1H3,(H,12,13,14). The molecule has 1 N–H and O–H groups in total. The summed E-state index contributed by atoms with van der Waals surface area (Å²) >= 11 is 0. The van der Waals surface area contributed by atoms with E-state index in [1.54, 1.807) is 6.07 Å². The Balaban J connectivity index is 2.21. The van der Waals surface area contributed by atoms with Gasteiger partial charge in [-0.05, 0) is 0 Å². The zero-order valence-corrected chi connectivity index (χ0v) is 8.82. The molecule has 1 heterocycles. The van der Waals surface area contributed by atoms with Crippen molar-refractivity contribution in [3.05, 3.63) is 12.4 Å². The van der Waals surface area contributed by atoms with E-state index in [9.17, 15) is 8.78 Å². The van der Waals surface area contributed by atoms with Crippen molar-refractivity contribution in [3.63, 3.8) is 0 Å². The Morgan fingerprint density at radius 1 is 1.44 bits per heavy atom.